The molecule has 2 aliphatic heterocycles. The SMILES string of the molecule is N#CC1=C(N2CC[C@@H](N3CCCC3)C2)c2ccncc2CC1=O. The minimum Gasteiger partial charge on any atom is -0.368 e. The second-order valence-corrected chi connectivity index (χ2v) is 6.60. The van der Waals surface area contributed by atoms with Gasteiger partial charge < -0.3 is 4.90 Å². The Bertz CT molecular complexity index is 712. The molecule has 0 radical (unpaired) electrons. The summed E-state index contributed by atoms with van der Waals surface area (Å²) < 4.78 is 0. The van der Waals surface area contributed by atoms with Crippen LogP contribution < -0.4 is 0 Å². The number of carbonyl (C=O) groups excluding carboxylic acids is 1. The van der Waals surface area contributed by atoms with E-state index in [-0.39, 0.29) is 5.78 Å². The van der Waals surface area contributed by atoms with Gasteiger partial charge in [-0.1, -0.05) is 0 Å². The van der Waals surface area contributed by atoms with Crippen molar-refractivity contribution in [3.05, 3.63) is 35.2 Å². The van der Waals surface area contributed by atoms with Crippen LogP contribution in [0.15, 0.2) is 24.0 Å². The van der Waals surface area contributed by atoms with E-state index >= 15 is 0 Å². The average molecular weight is 308 g/mol. The number of nitriles is 1. The number of carbonyl (C=O) groups is 1. The van der Waals surface area contributed by atoms with E-state index in [9.17, 15) is 10.1 Å². The lowest BCUT2D eigenvalue weighted by molar-refractivity contribution is -0.114. The Balaban J connectivity index is 1.68. The molecule has 5 nitrogen and oxygen atoms in total. The molecule has 4 rings (SSSR count). The fraction of sp³-hybridized carbons (Fsp3) is 0.500. The Kier molecular flexibility index (Phi) is 3.62. The molecular weight excluding hydrogens is 288 g/mol. The van der Waals surface area contributed by atoms with Gasteiger partial charge in [-0.2, -0.15) is 5.26 Å². The maximum Gasteiger partial charge on any atom is 0.179 e. The quantitative estimate of drug-likeness (QED) is 0.831. The molecule has 0 aromatic carbocycles. The van der Waals surface area contributed by atoms with Crippen molar-refractivity contribution in [3.63, 3.8) is 0 Å². The van der Waals surface area contributed by atoms with Gasteiger partial charge in [0.15, 0.2) is 5.78 Å². The van der Waals surface area contributed by atoms with E-state index in [0.717, 1.165) is 36.3 Å². The minimum atomic E-state index is -0.0763. The maximum absolute atomic E-state index is 12.3. The monoisotopic (exact) mass is 308 g/mol. The zero-order valence-electron chi connectivity index (χ0n) is 13.2. The molecule has 1 aromatic heterocycles. The summed E-state index contributed by atoms with van der Waals surface area (Å²) in [4.78, 5) is 21.3. The summed E-state index contributed by atoms with van der Waals surface area (Å²) in [6.45, 7) is 4.19. The summed E-state index contributed by atoms with van der Waals surface area (Å²) in [7, 11) is 0. The van der Waals surface area contributed by atoms with Crippen LogP contribution in [-0.4, -0.2) is 52.8 Å². The highest BCUT2D eigenvalue weighted by atomic mass is 16.1. The molecule has 1 atom stereocenters. The van der Waals surface area contributed by atoms with Crippen LogP contribution in [0.4, 0.5) is 0 Å². The predicted octanol–water partition coefficient (Wildman–Crippen LogP) is 1.61. The highest BCUT2D eigenvalue weighted by Gasteiger charge is 2.35. The van der Waals surface area contributed by atoms with Crippen LogP contribution in [0.3, 0.4) is 0 Å². The summed E-state index contributed by atoms with van der Waals surface area (Å²) in [5, 5.41) is 9.51. The molecule has 0 bridgehead atoms. The molecule has 3 aliphatic rings. The molecule has 2 saturated heterocycles. The van der Waals surface area contributed by atoms with E-state index in [4.69, 9.17) is 0 Å². The normalized spacial score (nSPS) is 24.9. The first-order chi connectivity index (χ1) is 11.3. The van der Waals surface area contributed by atoms with Gasteiger partial charge in [0.25, 0.3) is 0 Å². The second-order valence-electron chi connectivity index (χ2n) is 6.60. The maximum atomic E-state index is 12.3. The molecular formula is C18H20N4O. The van der Waals surface area contributed by atoms with Gasteiger partial charge >= 0.3 is 0 Å². The molecule has 0 amide bonds. The van der Waals surface area contributed by atoms with Crippen molar-refractivity contribution in [1.29, 1.82) is 5.26 Å². The number of pyridine rings is 1. The van der Waals surface area contributed by atoms with E-state index in [0.29, 0.717) is 18.0 Å². The van der Waals surface area contributed by atoms with Crippen molar-refractivity contribution in [2.24, 2.45) is 0 Å². The number of aromatic nitrogens is 1. The van der Waals surface area contributed by atoms with Crippen LogP contribution in [0.5, 0.6) is 0 Å². The standard InChI is InChI=1S/C18H20N4O/c19-10-16-17(23)9-13-11-20-5-3-15(13)18(16)22-8-4-14(12-22)21-6-1-2-7-21/h3,5,11,14H,1-2,4,6-9,12H2/t14-/m1/s1. The van der Waals surface area contributed by atoms with Crippen molar-refractivity contribution in [2.45, 2.75) is 31.7 Å². The van der Waals surface area contributed by atoms with E-state index in [1.807, 2.05) is 6.07 Å². The molecule has 118 valence electrons. The van der Waals surface area contributed by atoms with Crippen molar-refractivity contribution in [3.8, 4) is 6.07 Å². The third kappa shape index (κ3) is 2.43. The van der Waals surface area contributed by atoms with Gasteiger partial charge in [0.05, 0.1) is 5.70 Å². The van der Waals surface area contributed by atoms with Gasteiger partial charge in [0.1, 0.15) is 11.6 Å². The van der Waals surface area contributed by atoms with E-state index in [2.05, 4.69) is 20.9 Å². The third-order valence-corrected chi connectivity index (χ3v) is 5.27. The number of hydrogen-bond acceptors (Lipinski definition) is 5. The molecule has 0 unspecified atom stereocenters. The molecule has 0 N–H and O–H groups in total. The molecule has 0 spiro atoms. The summed E-state index contributed by atoms with van der Waals surface area (Å²) in [6.07, 6.45) is 7.48. The number of nitrogens with zero attached hydrogens (tertiary/aromatic N) is 4. The fourth-order valence-corrected chi connectivity index (χ4v) is 4.12. The summed E-state index contributed by atoms with van der Waals surface area (Å²) in [5.74, 6) is -0.0763. The molecule has 1 aliphatic carbocycles. The van der Waals surface area contributed by atoms with Gasteiger partial charge in [-0.05, 0) is 44.0 Å². The summed E-state index contributed by atoms with van der Waals surface area (Å²) in [6, 6.07) is 4.65. The number of allylic oxidation sites excluding steroid dienone is 1. The lowest BCUT2D eigenvalue weighted by atomic mass is 9.89. The lowest BCUT2D eigenvalue weighted by Gasteiger charge is -2.29. The fourth-order valence-electron chi connectivity index (χ4n) is 4.12. The van der Waals surface area contributed by atoms with E-state index < -0.39 is 0 Å². The van der Waals surface area contributed by atoms with Crippen LogP contribution in [0.2, 0.25) is 0 Å². The van der Waals surface area contributed by atoms with Crippen molar-refractivity contribution >= 4 is 11.5 Å². The smallest absolute Gasteiger partial charge is 0.179 e. The number of fused-ring (bicyclic) bond motifs is 1. The molecule has 23 heavy (non-hydrogen) atoms. The Morgan fingerprint density at radius 1 is 1.26 bits per heavy atom. The minimum absolute atomic E-state index is 0.0763. The topological polar surface area (TPSA) is 60.2 Å². The number of ketones is 1. The number of hydrogen-bond donors (Lipinski definition) is 0. The molecule has 5 heteroatoms. The first-order valence-corrected chi connectivity index (χ1v) is 8.38. The first kappa shape index (κ1) is 14.4. The van der Waals surface area contributed by atoms with E-state index in [1.54, 1.807) is 12.4 Å². The van der Waals surface area contributed by atoms with E-state index in [1.165, 1.54) is 25.9 Å². The zero-order valence-corrected chi connectivity index (χ0v) is 13.2. The molecule has 3 heterocycles. The molecule has 0 saturated carbocycles. The van der Waals surface area contributed by atoms with Crippen LogP contribution in [0, 0.1) is 11.3 Å². The second kappa shape index (κ2) is 5.78. The van der Waals surface area contributed by atoms with Crippen molar-refractivity contribution in [1.82, 2.24) is 14.8 Å². The highest BCUT2D eigenvalue weighted by Crippen LogP contribution is 2.34. The van der Waals surface area contributed by atoms with Crippen molar-refractivity contribution in [2.75, 3.05) is 26.2 Å². The predicted molar refractivity (Wildman–Crippen MR) is 86.3 cm³/mol. The van der Waals surface area contributed by atoms with Gasteiger partial charge in [-0.15, -0.1) is 0 Å². The average Bonchev–Trinajstić information content (AvgIpc) is 3.24. The van der Waals surface area contributed by atoms with Gasteiger partial charge in [0, 0.05) is 43.5 Å². The van der Waals surface area contributed by atoms with Gasteiger partial charge in [-0.25, -0.2) is 0 Å². The number of rotatable bonds is 2. The van der Waals surface area contributed by atoms with Crippen LogP contribution in [0.25, 0.3) is 5.70 Å². The van der Waals surface area contributed by atoms with Crippen LogP contribution in [0.1, 0.15) is 30.4 Å². The Morgan fingerprint density at radius 2 is 2.09 bits per heavy atom. The first-order valence-electron chi connectivity index (χ1n) is 8.38. The summed E-state index contributed by atoms with van der Waals surface area (Å²) >= 11 is 0. The Labute approximate surface area is 136 Å². The largest absolute Gasteiger partial charge is 0.368 e. The summed E-state index contributed by atoms with van der Waals surface area (Å²) in [5.41, 5.74) is 3.11. The number of Topliss-reactive ketones (excluding diaryl/α,β-unsaturated/α-hetero) is 1. The van der Waals surface area contributed by atoms with Crippen molar-refractivity contribution < 1.29 is 4.79 Å². The molecule has 1 aromatic rings. The van der Waals surface area contributed by atoms with Gasteiger partial charge in [-0.3, -0.25) is 14.7 Å². The Hall–Kier alpha value is -2.19. The molecule has 2 fully saturated rings. The highest BCUT2D eigenvalue weighted by molar-refractivity contribution is 6.09. The number of likely N-dealkylation sites (tertiary alicyclic amines) is 2. The van der Waals surface area contributed by atoms with Gasteiger partial charge in [0.2, 0.25) is 0 Å². The van der Waals surface area contributed by atoms with Crippen LogP contribution in [-0.2, 0) is 11.2 Å². The van der Waals surface area contributed by atoms with Crippen LogP contribution >= 0.6 is 0 Å². The lowest BCUT2D eigenvalue weighted by Crippen LogP contribution is -2.35. The third-order valence-electron chi connectivity index (χ3n) is 5.27. The Morgan fingerprint density at radius 3 is 2.87 bits per heavy atom. The zero-order chi connectivity index (χ0) is 15.8.